The first-order valence-electron chi connectivity index (χ1n) is 5.89. The molecule has 2 aromatic carbocycles. The molecule has 0 fully saturated rings. The summed E-state index contributed by atoms with van der Waals surface area (Å²) in [5, 5.41) is 3.48. The molecule has 4 nitrogen and oxygen atoms in total. The van der Waals surface area contributed by atoms with Crippen molar-refractivity contribution < 1.29 is 13.9 Å². The van der Waals surface area contributed by atoms with Gasteiger partial charge in [0, 0.05) is 12.1 Å². The fraction of sp³-hybridized carbons (Fsp3) is 0.143. The van der Waals surface area contributed by atoms with Crippen molar-refractivity contribution in [2.24, 2.45) is 0 Å². The largest absolute Gasteiger partial charge is 0.495 e. The van der Waals surface area contributed by atoms with Gasteiger partial charge in [0.15, 0.2) is 0 Å². The Morgan fingerprint density at radius 2 is 1.76 bits per heavy atom. The minimum absolute atomic E-state index is 0.268. The van der Waals surface area contributed by atoms with Crippen molar-refractivity contribution in [3.05, 3.63) is 39.6 Å². The molecule has 0 aliphatic rings. The van der Waals surface area contributed by atoms with Gasteiger partial charge >= 0.3 is 0 Å². The third-order valence-corrected chi connectivity index (χ3v) is 3.74. The highest BCUT2D eigenvalue weighted by atomic mass is 79.9. The van der Waals surface area contributed by atoms with E-state index in [4.69, 9.17) is 26.8 Å². The molecule has 0 saturated heterocycles. The Hall–Kier alpha value is -1.66. The van der Waals surface area contributed by atoms with E-state index >= 15 is 0 Å². The van der Waals surface area contributed by atoms with E-state index in [1.165, 1.54) is 20.3 Å². The second-order valence-electron chi connectivity index (χ2n) is 4.17. The summed E-state index contributed by atoms with van der Waals surface area (Å²) >= 11 is 9.22. The first-order valence-corrected chi connectivity index (χ1v) is 7.06. The zero-order valence-corrected chi connectivity index (χ0v) is 13.7. The Balaban J connectivity index is 2.44. The first-order chi connectivity index (χ1) is 9.96. The Morgan fingerprint density at radius 1 is 1.10 bits per heavy atom. The summed E-state index contributed by atoms with van der Waals surface area (Å²) in [6.07, 6.45) is 0. The first kappa shape index (κ1) is 15.7. The number of nitrogens with one attached hydrogen (secondary N) is 1. The van der Waals surface area contributed by atoms with Crippen molar-refractivity contribution in [3.8, 4) is 11.5 Å². The molecule has 0 spiro atoms. The number of anilines is 3. The van der Waals surface area contributed by atoms with Crippen molar-refractivity contribution in [1.29, 1.82) is 0 Å². The van der Waals surface area contributed by atoms with Gasteiger partial charge < -0.3 is 20.5 Å². The van der Waals surface area contributed by atoms with Gasteiger partial charge in [-0.3, -0.25) is 0 Å². The van der Waals surface area contributed by atoms with Gasteiger partial charge in [0.2, 0.25) is 0 Å². The van der Waals surface area contributed by atoms with Crippen LogP contribution in [-0.4, -0.2) is 14.2 Å². The van der Waals surface area contributed by atoms with E-state index in [0.29, 0.717) is 32.4 Å². The summed E-state index contributed by atoms with van der Waals surface area (Å²) in [6, 6.07) is 6.07. The van der Waals surface area contributed by atoms with Gasteiger partial charge in [0.1, 0.15) is 17.3 Å². The number of methoxy groups -OCH3 is 2. The summed E-state index contributed by atoms with van der Waals surface area (Å²) in [5.74, 6) is 0.584. The normalized spacial score (nSPS) is 10.3. The van der Waals surface area contributed by atoms with Crippen LogP contribution in [0.25, 0.3) is 0 Å². The molecule has 0 aromatic heterocycles. The number of ether oxygens (including phenoxy) is 2. The monoisotopic (exact) mass is 374 g/mol. The van der Waals surface area contributed by atoms with Gasteiger partial charge in [-0.15, -0.1) is 0 Å². The molecule has 0 aliphatic carbocycles. The lowest BCUT2D eigenvalue weighted by molar-refractivity contribution is 0.396. The highest BCUT2D eigenvalue weighted by Crippen LogP contribution is 2.39. The Bertz CT molecular complexity index is 683. The summed E-state index contributed by atoms with van der Waals surface area (Å²) in [5.41, 5.74) is 7.19. The van der Waals surface area contributed by atoms with Crippen LogP contribution in [0.15, 0.2) is 28.7 Å². The van der Waals surface area contributed by atoms with Crippen molar-refractivity contribution in [3.63, 3.8) is 0 Å². The average molecular weight is 376 g/mol. The molecule has 3 N–H and O–H groups in total. The summed E-state index contributed by atoms with van der Waals surface area (Å²) in [6.45, 7) is 0. The fourth-order valence-electron chi connectivity index (χ4n) is 1.77. The van der Waals surface area contributed by atoms with Crippen molar-refractivity contribution in [2.45, 2.75) is 0 Å². The van der Waals surface area contributed by atoms with Crippen LogP contribution in [0.2, 0.25) is 5.02 Å². The molecule has 112 valence electrons. The topological polar surface area (TPSA) is 56.5 Å². The smallest absolute Gasteiger partial charge is 0.146 e. The van der Waals surface area contributed by atoms with E-state index in [0.717, 1.165) is 0 Å². The third kappa shape index (κ3) is 3.33. The molecule has 2 rings (SSSR count). The highest BCUT2D eigenvalue weighted by molar-refractivity contribution is 9.10. The minimum Gasteiger partial charge on any atom is -0.495 e. The molecule has 0 heterocycles. The fourth-order valence-corrected chi connectivity index (χ4v) is 2.36. The van der Waals surface area contributed by atoms with Crippen LogP contribution >= 0.6 is 27.5 Å². The van der Waals surface area contributed by atoms with Gasteiger partial charge in [-0.1, -0.05) is 11.6 Å². The zero-order chi connectivity index (χ0) is 15.6. The average Bonchev–Trinajstić information content (AvgIpc) is 2.45. The molecule has 7 heteroatoms. The maximum Gasteiger partial charge on any atom is 0.146 e. The number of nitrogens with two attached hydrogens (primary N) is 1. The van der Waals surface area contributed by atoms with Crippen molar-refractivity contribution >= 4 is 44.6 Å². The number of halogens is 3. The zero-order valence-electron chi connectivity index (χ0n) is 11.3. The molecule has 0 unspecified atom stereocenters. The van der Waals surface area contributed by atoms with E-state index in [2.05, 4.69) is 21.2 Å². The van der Waals surface area contributed by atoms with Crippen LogP contribution in [0.4, 0.5) is 21.5 Å². The van der Waals surface area contributed by atoms with Crippen LogP contribution in [0, 0.1) is 5.82 Å². The molecule has 0 amide bonds. The molecule has 21 heavy (non-hydrogen) atoms. The van der Waals surface area contributed by atoms with E-state index < -0.39 is 5.82 Å². The summed E-state index contributed by atoms with van der Waals surface area (Å²) in [4.78, 5) is 0. The molecule has 0 atom stereocenters. The molecule has 0 bridgehead atoms. The summed E-state index contributed by atoms with van der Waals surface area (Å²) < 4.78 is 24.1. The summed E-state index contributed by atoms with van der Waals surface area (Å²) in [7, 11) is 3.04. The number of rotatable bonds is 4. The quantitative estimate of drug-likeness (QED) is 0.768. The van der Waals surface area contributed by atoms with Crippen molar-refractivity contribution in [2.75, 3.05) is 25.3 Å². The maximum absolute atomic E-state index is 13.4. The lowest BCUT2D eigenvalue weighted by Gasteiger charge is -2.15. The maximum atomic E-state index is 13.4. The second kappa shape index (κ2) is 6.41. The van der Waals surface area contributed by atoms with Crippen LogP contribution in [0.5, 0.6) is 11.5 Å². The molecule has 0 saturated carbocycles. The van der Waals surface area contributed by atoms with E-state index in [-0.39, 0.29) is 5.69 Å². The van der Waals surface area contributed by atoms with Crippen LogP contribution in [0.3, 0.4) is 0 Å². The molecule has 0 aliphatic heterocycles. The molecule has 2 aromatic rings. The van der Waals surface area contributed by atoms with Gasteiger partial charge in [-0.25, -0.2) is 4.39 Å². The number of hydrogen-bond acceptors (Lipinski definition) is 4. The Labute approximate surface area is 135 Å². The number of nitrogen functional groups attached to an aromatic ring is 1. The van der Waals surface area contributed by atoms with Crippen molar-refractivity contribution in [1.82, 2.24) is 0 Å². The molecule has 0 radical (unpaired) electrons. The molecular weight excluding hydrogens is 363 g/mol. The lowest BCUT2D eigenvalue weighted by Crippen LogP contribution is -2.00. The Kier molecular flexibility index (Phi) is 4.80. The predicted molar refractivity (Wildman–Crippen MR) is 86.4 cm³/mol. The SMILES string of the molecule is COc1cc(OC)c(Nc2cc(Br)c(F)cc2N)cc1Cl. The van der Waals surface area contributed by atoms with Crippen LogP contribution in [-0.2, 0) is 0 Å². The Morgan fingerprint density at radius 3 is 2.38 bits per heavy atom. The van der Waals surface area contributed by atoms with Crippen LogP contribution < -0.4 is 20.5 Å². The van der Waals surface area contributed by atoms with E-state index in [1.807, 2.05) is 0 Å². The third-order valence-electron chi connectivity index (χ3n) is 2.84. The standard InChI is InChI=1S/C14H13BrClFN2O2/c1-20-13-6-14(21-2)12(4-8(13)16)19-11-3-7(15)9(17)5-10(11)18/h3-6,19H,18H2,1-2H3. The van der Waals surface area contributed by atoms with Gasteiger partial charge in [-0.2, -0.15) is 0 Å². The molecular formula is C14H13BrClFN2O2. The van der Waals surface area contributed by atoms with Gasteiger partial charge in [-0.05, 0) is 28.1 Å². The predicted octanol–water partition coefficient (Wildman–Crippen LogP) is 4.58. The number of benzene rings is 2. The second-order valence-corrected chi connectivity index (χ2v) is 5.43. The van der Waals surface area contributed by atoms with Crippen LogP contribution in [0.1, 0.15) is 0 Å². The van der Waals surface area contributed by atoms with E-state index in [1.54, 1.807) is 18.2 Å². The number of hydrogen-bond donors (Lipinski definition) is 2. The minimum atomic E-state index is -0.433. The van der Waals surface area contributed by atoms with Gasteiger partial charge in [0.05, 0.1) is 40.8 Å². The highest BCUT2D eigenvalue weighted by Gasteiger charge is 2.12. The van der Waals surface area contributed by atoms with E-state index in [9.17, 15) is 4.39 Å². The van der Waals surface area contributed by atoms with Gasteiger partial charge in [0.25, 0.3) is 0 Å². The lowest BCUT2D eigenvalue weighted by atomic mass is 10.2.